The summed E-state index contributed by atoms with van der Waals surface area (Å²) in [6, 6.07) is -0.800. The third kappa shape index (κ3) is 74.2. The molecule has 89 heavy (non-hydrogen) atoms. The lowest BCUT2D eigenvalue weighted by Gasteiger charge is -2.30. The molecule has 0 spiro atoms. The molecule has 0 bridgehead atoms. The fraction of sp³-hybridized carbons (Fsp3) is 0.938. The Morgan fingerprint density at radius 2 is 0.652 bits per heavy atom. The minimum Gasteiger partial charge on any atom is -0.756 e. The smallest absolute Gasteiger partial charge is 0.268 e. The van der Waals surface area contributed by atoms with E-state index in [9.17, 15) is 19.4 Å². The molecule has 9 heteroatoms. The molecule has 0 radical (unpaired) electrons. The number of unbranched alkanes of at least 4 members (excludes halogenated alkanes) is 59. The van der Waals surface area contributed by atoms with E-state index >= 15 is 0 Å². The van der Waals surface area contributed by atoms with Crippen molar-refractivity contribution in [2.24, 2.45) is 0 Å². The van der Waals surface area contributed by atoms with Gasteiger partial charge in [-0.2, -0.15) is 0 Å². The number of phosphoric acid groups is 1. The number of hydrogen-bond donors (Lipinski definition) is 2. The molecule has 530 valence electrons. The van der Waals surface area contributed by atoms with Gasteiger partial charge in [0, 0.05) is 6.42 Å². The number of phosphoric ester groups is 1. The molecule has 2 N–H and O–H groups in total. The molecule has 0 aliphatic heterocycles. The minimum atomic E-state index is -4.58. The van der Waals surface area contributed by atoms with Crippen LogP contribution in [0.25, 0.3) is 0 Å². The second-order valence-electron chi connectivity index (χ2n) is 29.1. The van der Waals surface area contributed by atoms with Gasteiger partial charge in [-0.15, -0.1) is 0 Å². The van der Waals surface area contributed by atoms with Gasteiger partial charge in [0.25, 0.3) is 7.82 Å². The summed E-state index contributed by atoms with van der Waals surface area (Å²) in [6.07, 6.45) is 94.5. The van der Waals surface area contributed by atoms with E-state index in [1.165, 1.54) is 360 Å². The molecule has 0 aromatic heterocycles. The van der Waals surface area contributed by atoms with Gasteiger partial charge < -0.3 is 28.8 Å². The van der Waals surface area contributed by atoms with E-state index in [4.69, 9.17) is 9.05 Å². The molecule has 0 aromatic rings. The second-order valence-corrected chi connectivity index (χ2v) is 30.5. The monoisotopic (exact) mass is 1280 g/mol. The topological polar surface area (TPSA) is 108 Å². The van der Waals surface area contributed by atoms with E-state index in [0.717, 1.165) is 44.9 Å². The molecule has 0 fully saturated rings. The zero-order chi connectivity index (χ0) is 64.8. The Morgan fingerprint density at radius 3 is 0.933 bits per heavy atom. The zero-order valence-corrected chi connectivity index (χ0v) is 61.8. The van der Waals surface area contributed by atoms with Crippen LogP contribution in [0.1, 0.15) is 431 Å². The van der Waals surface area contributed by atoms with Gasteiger partial charge in [0.05, 0.1) is 39.9 Å². The van der Waals surface area contributed by atoms with E-state index < -0.39 is 20.0 Å². The summed E-state index contributed by atoms with van der Waals surface area (Å²) in [6.45, 7) is 4.79. The second kappa shape index (κ2) is 71.3. The van der Waals surface area contributed by atoms with Crippen LogP contribution >= 0.6 is 7.82 Å². The van der Waals surface area contributed by atoms with Crippen molar-refractivity contribution < 1.29 is 32.9 Å². The van der Waals surface area contributed by atoms with Gasteiger partial charge >= 0.3 is 0 Å². The number of amides is 1. The predicted molar refractivity (Wildman–Crippen MR) is 390 cm³/mol. The van der Waals surface area contributed by atoms with Crippen LogP contribution in [-0.2, 0) is 18.4 Å². The van der Waals surface area contributed by atoms with E-state index in [1.807, 2.05) is 21.1 Å². The van der Waals surface area contributed by atoms with Crippen molar-refractivity contribution in [2.45, 2.75) is 443 Å². The minimum absolute atomic E-state index is 0.0158. The summed E-state index contributed by atoms with van der Waals surface area (Å²) < 4.78 is 23.6. The summed E-state index contributed by atoms with van der Waals surface area (Å²) >= 11 is 0. The number of carbonyl (C=O) groups is 1. The van der Waals surface area contributed by atoms with Gasteiger partial charge in [-0.05, 0) is 44.9 Å². The van der Waals surface area contributed by atoms with E-state index in [0.29, 0.717) is 23.9 Å². The van der Waals surface area contributed by atoms with Crippen molar-refractivity contribution in [2.75, 3.05) is 40.9 Å². The van der Waals surface area contributed by atoms with Crippen LogP contribution < -0.4 is 10.2 Å². The van der Waals surface area contributed by atoms with Crippen LogP contribution in [0.2, 0.25) is 0 Å². The Morgan fingerprint density at radius 1 is 0.393 bits per heavy atom. The molecule has 3 unspecified atom stereocenters. The van der Waals surface area contributed by atoms with Crippen LogP contribution in [-0.4, -0.2) is 68.5 Å². The van der Waals surface area contributed by atoms with E-state index in [2.05, 4.69) is 43.5 Å². The summed E-state index contributed by atoms with van der Waals surface area (Å²) in [5.74, 6) is -0.154. The first-order valence-corrected chi connectivity index (χ1v) is 41.6. The Labute approximate surface area is 557 Å². The van der Waals surface area contributed by atoms with Crippen LogP contribution in [0, 0.1) is 0 Å². The zero-order valence-electron chi connectivity index (χ0n) is 60.9. The summed E-state index contributed by atoms with van der Waals surface area (Å²) in [5.41, 5.74) is 0. The number of hydrogen-bond acceptors (Lipinski definition) is 6. The maximum Gasteiger partial charge on any atom is 0.268 e. The number of likely N-dealkylation sites (N-methyl/N-ethyl adjacent to an activating group) is 1. The quantitative estimate of drug-likeness (QED) is 0.0272. The van der Waals surface area contributed by atoms with Crippen molar-refractivity contribution in [3.8, 4) is 0 Å². The maximum atomic E-state index is 13.1. The largest absolute Gasteiger partial charge is 0.756 e. The summed E-state index contributed by atoms with van der Waals surface area (Å²) in [7, 11) is 1.33. The van der Waals surface area contributed by atoms with Crippen LogP contribution in [0.3, 0.4) is 0 Å². The first-order chi connectivity index (χ1) is 43.5. The number of allylic oxidation sites excluding steroid dienone is 4. The first kappa shape index (κ1) is 88.0. The van der Waals surface area contributed by atoms with E-state index in [1.54, 1.807) is 0 Å². The van der Waals surface area contributed by atoms with Gasteiger partial charge in [0.15, 0.2) is 0 Å². The number of rotatable bonds is 76. The number of carbonyl (C=O) groups excluding carboxylic acids is 1. The molecule has 0 aromatic carbocycles. The highest BCUT2D eigenvalue weighted by atomic mass is 31.2. The van der Waals surface area contributed by atoms with Crippen molar-refractivity contribution in [3.05, 3.63) is 24.3 Å². The van der Waals surface area contributed by atoms with Gasteiger partial charge in [0.1, 0.15) is 13.2 Å². The molecule has 0 saturated heterocycles. The fourth-order valence-electron chi connectivity index (χ4n) is 12.7. The number of aliphatic hydroxyl groups is 1. The molecule has 8 nitrogen and oxygen atoms in total. The van der Waals surface area contributed by atoms with Crippen molar-refractivity contribution in [1.29, 1.82) is 0 Å². The number of aliphatic hydroxyl groups excluding tert-OH is 1. The summed E-state index contributed by atoms with van der Waals surface area (Å²) in [5, 5.41) is 14.2. The molecule has 0 aliphatic rings. The lowest BCUT2D eigenvalue weighted by atomic mass is 10.0. The van der Waals surface area contributed by atoms with Gasteiger partial charge in [0.2, 0.25) is 5.91 Å². The number of quaternary nitrogens is 1. The average molecular weight is 1280 g/mol. The molecule has 0 aliphatic carbocycles. The molecule has 0 saturated carbocycles. The Bertz CT molecular complexity index is 1500. The van der Waals surface area contributed by atoms with Crippen LogP contribution in [0.5, 0.6) is 0 Å². The highest BCUT2D eigenvalue weighted by Gasteiger charge is 2.24. The normalized spacial score (nSPS) is 13.6. The highest BCUT2D eigenvalue weighted by molar-refractivity contribution is 7.45. The third-order valence-electron chi connectivity index (χ3n) is 18.9. The molecule has 3 atom stereocenters. The Kier molecular flexibility index (Phi) is 70.5. The molecule has 0 heterocycles. The fourth-order valence-corrected chi connectivity index (χ4v) is 13.4. The maximum absolute atomic E-state index is 13.1. The molecular weight excluding hydrogens is 1120 g/mol. The van der Waals surface area contributed by atoms with Crippen molar-refractivity contribution in [3.63, 3.8) is 0 Å². The van der Waals surface area contributed by atoms with Crippen molar-refractivity contribution >= 4 is 13.7 Å². The lowest BCUT2D eigenvalue weighted by molar-refractivity contribution is -0.870. The number of nitrogens with one attached hydrogen (secondary N) is 1. The Balaban J connectivity index is 3.90. The average Bonchev–Trinajstić information content (AvgIpc) is 3.57. The molecule has 0 rings (SSSR count). The van der Waals surface area contributed by atoms with E-state index in [-0.39, 0.29) is 19.1 Å². The molecular formula is C80H159N2O6P. The third-order valence-corrected chi connectivity index (χ3v) is 19.9. The Hall–Kier alpha value is -1.02. The predicted octanol–water partition coefficient (Wildman–Crippen LogP) is 25.5. The van der Waals surface area contributed by atoms with Gasteiger partial charge in [-0.25, -0.2) is 0 Å². The summed E-state index contributed by atoms with van der Waals surface area (Å²) in [4.78, 5) is 25.7. The SMILES string of the molecule is CCCCCCC/C=C\C/C=C\CCCCCCCCCCCCCCCCCCCCCCCCCCCC(=O)NC(COP(=O)([O-])OCC[N+](C)(C)C)C(O)CCCCCCCCCCCCCCCCCCCCCCCCCCCCCCCC. The van der Waals surface area contributed by atoms with Crippen LogP contribution in [0.4, 0.5) is 0 Å². The first-order valence-electron chi connectivity index (χ1n) is 40.2. The van der Waals surface area contributed by atoms with Crippen molar-refractivity contribution in [1.82, 2.24) is 5.32 Å². The lowest BCUT2D eigenvalue weighted by Crippen LogP contribution is -2.46. The number of nitrogens with zero attached hydrogens (tertiary/aromatic N) is 1. The van der Waals surface area contributed by atoms with Gasteiger partial charge in [-0.3, -0.25) is 9.36 Å². The standard InChI is InChI=1S/C80H159N2O6P/c1-6-8-10-12-14-16-18-20-22-24-26-28-30-32-34-36-38-39-40-41-42-43-44-46-48-50-52-54-56-58-60-62-64-66-68-70-72-74-80(84)81-78(77-88-89(85,86)87-76-75-82(3,4)5)79(83)73-71-69-67-65-63-61-59-57-55-53-51-49-47-45-37-35-33-31-29-27-25-23-21-19-17-15-13-11-9-7-2/h18,20,24,26,78-79,83H,6-17,19,21-23,25,27-77H2,1-5H3,(H-,81,84,85,86)/b20-18-,26-24-. The van der Waals surface area contributed by atoms with Gasteiger partial charge in [-0.1, -0.05) is 404 Å². The highest BCUT2D eigenvalue weighted by Crippen LogP contribution is 2.38. The molecule has 1 amide bonds. The van der Waals surface area contributed by atoms with Crippen LogP contribution in [0.15, 0.2) is 24.3 Å².